The van der Waals surface area contributed by atoms with E-state index in [1.54, 1.807) is 0 Å². The van der Waals surface area contributed by atoms with Gasteiger partial charge >= 0.3 is 0 Å². The number of nitrogens with zero attached hydrogens (tertiary/aromatic N) is 3. The largest absolute Gasteiger partial charge is 0.208 e. The van der Waals surface area contributed by atoms with Crippen LogP contribution in [0.2, 0.25) is 0 Å². The van der Waals surface area contributed by atoms with Gasteiger partial charge in [0.05, 0.1) is 5.41 Å². The topological polar surface area (TPSA) is 38.7 Å². The molecule has 1 heterocycles. The predicted octanol–water partition coefficient (Wildman–Crippen LogP) is 13.2. The maximum atomic E-state index is 5.19. The average molecular weight is 724 g/mol. The normalized spacial score (nSPS) is 14.7. The van der Waals surface area contributed by atoms with E-state index >= 15 is 0 Å². The van der Waals surface area contributed by atoms with Crippen molar-refractivity contribution >= 4 is 21.5 Å². The Morgan fingerprint density at radius 1 is 0.263 bits per heavy atom. The lowest BCUT2D eigenvalue weighted by Crippen LogP contribution is -2.26. The Morgan fingerprint density at radius 3 is 1.32 bits per heavy atom. The van der Waals surface area contributed by atoms with Gasteiger partial charge in [-0.15, -0.1) is 0 Å². The number of rotatable bonds is 4. The van der Waals surface area contributed by atoms with Crippen molar-refractivity contribution in [2.75, 3.05) is 0 Å². The first-order valence-electron chi connectivity index (χ1n) is 19.5. The Bertz CT molecular complexity index is 3180. The third-order valence-electron chi connectivity index (χ3n) is 12.1. The van der Waals surface area contributed by atoms with Gasteiger partial charge in [-0.2, -0.15) is 0 Å². The summed E-state index contributed by atoms with van der Waals surface area (Å²) in [5.74, 6) is 1.94. The molecule has 1 unspecified atom stereocenters. The van der Waals surface area contributed by atoms with Gasteiger partial charge < -0.3 is 0 Å². The number of fused-ring (bicyclic) bond motifs is 15. The van der Waals surface area contributed by atoms with Gasteiger partial charge in [-0.05, 0) is 77.2 Å². The summed E-state index contributed by atoms with van der Waals surface area (Å²) in [5, 5.41) is 5.16. The molecular weight excluding hydrogens is 691 g/mol. The molecule has 3 nitrogen and oxygen atoms in total. The Balaban J connectivity index is 1.17. The third kappa shape index (κ3) is 4.45. The van der Waals surface area contributed by atoms with E-state index in [2.05, 4.69) is 164 Å². The molecule has 1 spiro atoms. The first-order chi connectivity index (χ1) is 28.3. The van der Waals surface area contributed by atoms with E-state index in [-0.39, 0.29) is 0 Å². The molecule has 264 valence electrons. The zero-order chi connectivity index (χ0) is 37.5. The highest BCUT2D eigenvalue weighted by Gasteiger charge is 2.53. The maximum absolute atomic E-state index is 5.19. The van der Waals surface area contributed by atoms with Crippen LogP contribution in [0.25, 0.3) is 89.1 Å². The number of benzene rings is 9. The van der Waals surface area contributed by atoms with Gasteiger partial charge in [-0.3, -0.25) is 0 Å². The maximum Gasteiger partial charge on any atom is 0.164 e. The fourth-order valence-electron chi connectivity index (χ4n) is 9.93. The van der Waals surface area contributed by atoms with Crippen molar-refractivity contribution in [1.82, 2.24) is 15.0 Å². The van der Waals surface area contributed by atoms with E-state index < -0.39 is 5.41 Å². The molecule has 57 heavy (non-hydrogen) atoms. The Hall–Kier alpha value is -7.49. The van der Waals surface area contributed by atoms with Crippen LogP contribution in [0.1, 0.15) is 22.3 Å². The zero-order valence-corrected chi connectivity index (χ0v) is 30.9. The highest BCUT2D eigenvalue weighted by molar-refractivity contribution is 6.20. The van der Waals surface area contributed by atoms with Gasteiger partial charge in [0.15, 0.2) is 17.5 Å². The highest BCUT2D eigenvalue weighted by atomic mass is 15.0. The summed E-state index contributed by atoms with van der Waals surface area (Å²) in [6.07, 6.45) is 0. The van der Waals surface area contributed by atoms with Crippen molar-refractivity contribution in [3.05, 3.63) is 222 Å². The van der Waals surface area contributed by atoms with Crippen LogP contribution in [-0.2, 0) is 5.41 Å². The van der Waals surface area contributed by atoms with Gasteiger partial charge in [0.1, 0.15) is 0 Å². The fourth-order valence-corrected chi connectivity index (χ4v) is 9.93. The standard InChI is InChI=1S/C54H33N3/c1-3-18-34(19-4-1)51-55-52(35-20-5-2-6-21-35)57-53(56-51)42-27-12-9-24-38(42)39-30-17-33-47-48(39)43-28-13-15-31-45(43)54(47)46-32-16-14-29-44(46)49-40-25-10-7-22-36(40)37-23-8-11-26-41(37)50(49)54/h1-33H. The summed E-state index contributed by atoms with van der Waals surface area (Å²) in [6.45, 7) is 0. The van der Waals surface area contributed by atoms with Crippen molar-refractivity contribution in [2.45, 2.75) is 5.41 Å². The summed E-state index contributed by atoms with van der Waals surface area (Å²) >= 11 is 0. The first kappa shape index (κ1) is 31.8. The monoisotopic (exact) mass is 723 g/mol. The second-order valence-electron chi connectivity index (χ2n) is 15.0. The Kier molecular flexibility index (Phi) is 6.84. The molecule has 0 saturated carbocycles. The SMILES string of the molecule is c1ccc(-c2nc(-c3ccccc3)nc(-c3ccccc3-c3cccc4c3-c3ccccc3C43c4ccccc4-c4c3c3ccccc3c3ccccc43)n2)cc1. The smallest absolute Gasteiger partial charge is 0.164 e. The molecule has 3 heteroatoms. The molecule has 12 rings (SSSR count). The molecule has 1 atom stereocenters. The predicted molar refractivity (Wildman–Crippen MR) is 233 cm³/mol. The Labute approximate surface area is 330 Å². The molecule has 2 aliphatic carbocycles. The van der Waals surface area contributed by atoms with Crippen molar-refractivity contribution in [2.24, 2.45) is 0 Å². The average Bonchev–Trinajstić information content (AvgIpc) is 3.78. The van der Waals surface area contributed by atoms with E-state index in [9.17, 15) is 0 Å². The summed E-state index contributed by atoms with van der Waals surface area (Å²) in [7, 11) is 0. The van der Waals surface area contributed by atoms with E-state index in [0.29, 0.717) is 17.5 Å². The zero-order valence-electron chi connectivity index (χ0n) is 30.9. The second-order valence-corrected chi connectivity index (χ2v) is 15.0. The van der Waals surface area contributed by atoms with E-state index in [4.69, 9.17) is 15.0 Å². The van der Waals surface area contributed by atoms with Crippen LogP contribution in [0.5, 0.6) is 0 Å². The van der Waals surface area contributed by atoms with Crippen molar-refractivity contribution in [1.29, 1.82) is 0 Å². The van der Waals surface area contributed by atoms with Crippen molar-refractivity contribution in [3.63, 3.8) is 0 Å². The molecule has 0 amide bonds. The van der Waals surface area contributed by atoms with Gasteiger partial charge in [-0.1, -0.05) is 200 Å². The molecule has 0 N–H and O–H groups in total. The highest BCUT2D eigenvalue weighted by Crippen LogP contribution is 2.66. The van der Waals surface area contributed by atoms with Gasteiger partial charge in [0, 0.05) is 16.7 Å². The lowest BCUT2D eigenvalue weighted by Gasteiger charge is -2.32. The molecule has 10 aromatic rings. The van der Waals surface area contributed by atoms with E-state index in [0.717, 1.165) is 27.8 Å². The lowest BCUT2D eigenvalue weighted by molar-refractivity contribution is 0.802. The molecule has 0 saturated heterocycles. The minimum atomic E-state index is -0.527. The molecule has 0 fully saturated rings. The van der Waals surface area contributed by atoms with E-state index in [1.165, 1.54) is 66.1 Å². The van der Waals surface area contributed by atoms with Crippen molar-refractivity contribution < 1.29 is 0 Å². The van der Waals surface area contributed by atoms with Crippen LogP contribution in [0.15, 0.2) is 200 Å². The van der Waals surface area contributed by atoms with Crippen LogP contribution in [-0.4, -0.2) is 15.0 Å². The quantitative estimate of drug-likeness (QED) is 0.170. The number of hydrogen-bond donors (Lipinski definition) is 0. The van der Waals surface area contributed by atoms with Gasteiger partial charge in [0.2, 0.25) is 0 Å². The summed E-state index contributed by atoms with van der Waals surface area (Å²) in [6, 6.07) is 72.1. The van der Waals surface area contributed by atoms with Crippen LogP contribution < -0.4 is 0 Å². The number of hydrogen-bond acceptors (Lipinski definition) is 3. The molecule has 2 aliphatic rings. The minimum Gasteiger partial charge on any atom is -0.208 e. The molecule has 1 aromatic heterocycles. The van der Waals surface area contributed by atoms with Crippen LogP contribution >= 0.6 is 0 Å². The van der Waals surface area contributed by atoms with Gasteiger partial charge in [-0.25, -0.2) is 15.0 Å². The molecule has 0 radical (unpaired) electrons. The first-order valence-corrected chi connectivity index (χ1v) is 19.5. The Morgan fingerprint density at radius 2 is 0.684 bits per heavy atom. The lowest BCUT2D eigenvalue weighted by atomic mass is 9.69. The number of aromatic nitrogens is 3. The van der Waals surface area contributed by atoms with Crippen LogP contribution in [0, 0.1) is 0 Å². The molecule has 0 aliphatic heterocycles. The second kappa shape index (κ2) is 12.3. The van der Waals surface area contributed by atoms with Crippen LogP contribution in [0.3, 0.4) is 0 Å². The molecule has 9 aromatic carbocycles. The van der Waals surface area contributed by atoms with E-state index in [1.807, 2.05) is 36.4 Å². The summed E-state index contributed by atoms with van der Waals surface area (Å²) in [4.78, 5) is 15.4. The molecular formula is C54H33N3. The van der Waals surface area contributed by atoms with Crippen molar-refractivity contribution in [3.8, 4) is 67.5 Å². The fraction of sp³-hybridized carbons (Fsp3) is 0.0185. The third-order valence-corrected chi connectivity index (χ3v) is 12.1. The summed E-state index contributed by atoms with van der Waals surface area (Å²) in [5.41, 5.74) is 15.0. The molecule has 0 bridgehead atoms. The minimum absolute atomic E-state index is 0.527. The van der Waals surface area contributed by atoms with Gasteiger partial charge in [0.25, 0.3) is 0 Å². The van der Waals surface area contributed by atoms with Crippen LogP contribution in [0.4, 0.5) is 0 Å². The summed E-state index contributed by atoms with van der Waals surface area (Å²) < 4.78 is 0.